The summed E-state index contributed by atoms with van der Waals surface area (Å²) in [7, 11) is 0. The Kier molecular flexibility index (Phi) is 10.8. The van der Waals surface area contributed by atoms with Crippen molar-refractivity contribution >= 4 is 35.4 Å². The van der Waals surface area contributed by atoms with Crippen molar-refractivity contribution in [1.29, 1.82) is 0 Å². The fourth-order valence-corrected chi connectivity index (χ4v) is 3.33. The second-order valence-corrected chi connectivity index (χ2v) is 7.47. The van der Waals surface area contributed by atoms with Gasteiger partial charge < -0.3 is 15.3 Å². The highest BCUT2D eigenvalue weighted by atomic mass is 35.5. The predicted octanol–water partition coefficient (Wildman–Crippen LogP) is 4.76. The number of hydrogen-bond acceptors (Lipinski definition) is 4. The lowest BCUT2D eigenvalue weighted by atomic mass is 10.1. The van der Waals surface area contributed by atoms with Gasteiger partial charge in [0.15, 0.2) is 0 Å². The van der Waals surface area contributed by atoms with Gasteiger partial charge in [0, 0.05) is 30.2 Å². The summed E-state index contributed by atoms with van der Waals surface area (Å²) in [5.41, 5.74) is 2.79. The first kappa shape index (κ1) is 23.4. The highest BCUT2D eigenvalue weighted by Crippen LogP contribution is 2.23. The number of hydrogen-bond donors (Lipinski definition) is 2. The summed E-state index contributed by atoms with van der Waals surface area (Å²) in [6.45, 7) is 2.21. The topological polar surface area (TPSA) is 47.9 Å². The molecule has 29 heavy (non-hydrogen) atoms. The molecule has 2 rings (SSSR count). The maximum atomic E-state index is 13.4. The number of allylic oxidation sites excluding steroid dienone is 5. The lowest BCUT2D eigenvalue weighted by Gasteiger charge is -2.23. The summed E-state index contributed by atoms with van der Waals surface area (Å²) < 4.78 is 13.4. The molecule has 0 saturated heterocycles. The van der Waals surface area contributed by atoms with Gasteiger partial charge in [0.05, 0.1) is 18.6 Å². The van der Waals surface area contributed by atoms with E-state index in [1.807, 2.05) is 42.3 Å². The Hall–Kier alpha value is -1.86. The molecule has 0 amide bonds. The van der Waals surface area contributed by atoms with E-state index in [-0.39, 0.29) is 12.4 Å². The van der Waals surface area contributed by atoms with Gasteiger partial charge >= 0.3 is 0 Å². The van der Waals surface area contributed by atoms with Crippen LogP contribution in [-0.2, 0) is 0 Å². The van der Waals surface area contributed by atoms with Crippen molar-refractivity contribution in [2.24, 2.45) is 4.99 Å². The second kappa shape index (κ2) is 13.4. The van der Waals surface area contributed by atoms with Crippen LogP contribution in [0.4, 0.5) is 4.39 Å². The third-order valence-electron chi connectivity index (χ3n) is 4.12. The number of nitrogens with zero attached hydrogens (tertiary/aromatic N) is 2. The molecule has 0 atom stereocenters. The van der Waals surface area contributed by atoms with Crippen LogP contribution >= 0.6 is 23.4 Å². The fourth-order valence-electron chi connectivity index (χ4n) is 2.68. The smallest absolute Gasteiger partial charge is 0.123 e. The maximum Gasteiger partial charge on any atom is 0.123 e. The van der Waals surface area contributed by atoms with Crippen molar-refractivity contribution < 1.29 is 9.50 Å². The standard InChI is InChI=1S/C22H27ClFN3OS/c1-29-16-22(18-6-9-20(24)10-7-18)27(14-3-12-25-13-15-28)17-26-21-5-2-4-19(23)8-11-21/h2,4,6-11,16-17,25,28H,3,5,12-15H2,1H3/b22-16-,26-17?. The zero-order chi connectivity index (χ0) is 20.9. The molecule has 156 valence electrons. The molecule has 0 aliphatic heterocycles. The van der Waals surface area contributed by atoms with Gasteiger partial charge in [0.1, 0.15) is 5.82 Å². The van der Waals surface area contributed by atoms with Crippen LogP contribution in [0.3, 0.4) is 0 Å². The van der Waals surface area contributed by atoms with E-state index in [1.54, 1.807) is 23.9 Å². The Labute approximate surface area is 181 Å². The van der Waals surface area contributed by atoms with E-state index in [9.17, 15) is 4.39 Å². The summed E-state index contributed by atoms with van der Waals surface area (Å²) in [5, 5.41) is 14.8. The van der Waals surface area contributed by atoms with Crippen LogP contribution in [0.25, 0.3) is 5.70 Å². The maximum absolute atomic E-state index is 13.4. The first-order valence-electron chi connectivity index (χ1n) is 9.48. The van der Waals surface area contributed by atoms with E-state index in [0.29, 0.717) is 18.0 Å². The van der Waals surface area contributed by atoms with Gasteiger partial charge in [-0.1, -0.05) is 17.7 Å². The molecule has 1 aromatic rings. The van der Waals surface area contributed by atoms with E-state index in [2.05, 4.69) is 15.2 Å². The lowest BCUT2D eigenvalue weighted by molar-refractivity contribution is 0.291. The van der Waals surface area contributed by atoms with Gasteiger partial charge in [-0.25, -0.2) is 9.38 Å². The molecule has 1 aliphatic rings. The Morgan fingerprint density at radius 1 is 1.31 bits per heavy atom. The molecule has 0 aromatic heterocycles. The van der Waals surface area contributed by atoms with Crippen molar-refractivity contribution in [3.63, 3.8) is 0 Å². The first-order valence-corrected chi connectivity index (χ1v) is 11.1. The largest absolute Gasteiger partial charge is 0.395 e. The molecule has 0 saturated carbocycles. The minimum Gasteiger partial charge on any atom is -0.395 e. The van der Waals surface area contributed by atoms with Crippen molar-refractivity contribution in [1.82, 2.24) is 10.2 Å². The van der Waals surface area contributed by atoms with Crippen LogP contribution in [-0.4, -0.2) is 48.8 Å². The summed E-state index contributed by atoms with van der Waals surface area (Å²) in [6.07, 6.45) is 13.0. The van der Waals surface area contributed by atoms with Crippen LogP contribution in [0.15, 0.2) is 69.7 Å². The predicted molar refractivity (Wildman–Crippen MR) is 123 cm³/mol. The van der Waals surface area contributed by atoms with E-state index in [4.69, 9.17) is 16.7 Å². The minimum absolute atomic E-state index is 0.121. The molecule has 7 heteroatoms. The van der Waals surface area contributed by atoms with Crippen LogP contribution < -0.4 is 5.32 Å². The lowest BCUT2D eigenvalue weighted by Crippen LogP contribution is -2.26. The fraction of sp³-hybridized carbons (Fsp3) is 0.318. The Morgan fingerprint density at radius 2 is 2.10 bits per heavy atom. The number of aliphatic hydroxyl groups excluding tert-OH is 1. The minimum atomic E-state index is -0.260. The Morgan fingerprint density at radius 3 is 2.83 bits per heavy atom. The number of halogens is 2. The quantitative estimate of drug-likeness (QED) is 0.299. The molecule has 0 spiro atoms. The molecule has 0 fully saturated rings. The first-order chi connectivity index (χ1) is 14.1. The number of thioether (sulfide) groups is 1. The Bertz CT molecular complexity index is 788. The van der Waals surface area contributed by atoms with Crippen molar-refractivity contribution in [3.05, 3.63) is 76.1 Å². The van der Waals surface area contributed by atoms with Gasteiger partial charge in [-0.2, -0.15) is 0 Å². The highest BCUT2D eigenvalue weighted by Gasteiger charge is 2.11. The Balaban J connectivity index is 2.22. The molecule has 0 bridgehead atoms. The molecule has 0 unspecified atom stereocenters. The normalized spacial score (nSPS) is 14.7. The number of aliphatic hydroxyl groups is 1. The molecule has 2 N–H and O–H groups in total. The average molecular weight is 436 g/mol. The van der Waals surface area contributed by atoms with Gasteiger partial charge in [-0.15, -0.1) is 11.8 Å². The third kappa shape index (κ3) is 8.58. The zero-order valence-electron chi connectivity index (χ0n) is 16.5. The van der Waals surface area contributed by atoms with Crippen molar-refractivity contribution in [3.8, 4) is 0 Å². The van der Waals surface area contributed by atoms with Gasteiger partial charge in [0.2, 0.25) is 0 Å². The summed E-state index contributed by atoms with van der Waals surface area (Å²) in [4.78, 5) is 6.74. The van der Waals surface area contributed by atoms with E-state index >= 15 is 0 Å². The van der Waals surface area contributed by atoms with Crippen molar-refractivity contribution in [2.75, 3.05) is 32.5 Å². The van der Waals surface area contributed by atoms with E-state index < -0.39 is 0 Å². The van der Waals surface area contributed by atoms with E-state index in [1.165, 1.54) is 12.1 Å². The molecular weight excluding hydrogens is 409 g/mol. The second-order valence-electron chi connectivity index (χ2n) is 6.33. The van der Waals surface area contributed by atoms with Crippen LogP contribution in [0.5, 0.6) is 0 Å². The highest BCUT2D eigenvalue weighted by molar-refractivity contribution is 8.01. The van der Waals surface area contributed by atoms with Crippen molar-refractivity contribution in [2.45, 2.75) is 12.8 Å². The number of nitrogens with one attached hydrogen (secondary N) is 1. The van der Waals surface area contributed by atoms with Gasteiger partial charge in [0.25, 0.3) is 0 Å². The summed E-state index contributed by atoms with van der Waals surface area (Å²) >= 11 is 7.63. The zero-order valence-corrected chi connectivity index (χ0v) is 18.1. The summed E-state index contributed by atoms with van der Waals surface area (Å²) in [6, 6.07) is 6.48. The van der Waals surface area contributed by atoms with Crippen LogP contribution in [0.2, 0.25) is 0 Å². The molecule has 1 aromatic carbocycles. The monoisotopic (exact) mass is 435 g/mol. The van der Waals surface area contributed by atoms with E-state index in [0.717, 1.165) is 36.5 Å². The SMILES string of the molecule is CS/C=C(/c1ccc(F)cc1)N(C=NC1=CC=C(Cl)C=CC1)CCCNCCO. The number of aliphatic imine (C=N–C) groups is 1. The molecule has 0 radical (unpaired) electrons. The molecule has 1 aliphatic carbocycles. The number of rotatable bonds is 11. The molecular formula is C22H27ClFN3OS. The third-order valence-corrected chi connectivity index (χ3v) is 4.83. The molecule has 4 nitrogen and oxygen atoms in total. The molecule has 0 heterocycles. The van der Waals surface area contributed by atoms with Crippen LogP contribution in [0, 0.1) is 5.82 Å². The summed E-state index contributed by atoms with van der Waals surface area (Å²) in [5.74, 6) is -0.260. The average Bonchev–Trinajstić information content (AvgIpc) is 2.93. The van der Waals surface area contributed by atoms with Gasteiger partial charge in [-0.05, 0) is 72.7 Å². The van der Waals surface area contributed by atoms with Gasteiger partial charge in [-0.3, -0.25) is 0 Å². The number of benzene rings is 1. The van der Waals surface area contributed by atoms with Crippen LogP contribution in [0.1, 0.15) is 18.4 Å².